The largest absolute Gasteiger partial charge is 0.292 e. The Balaban J connectivity index is 1.77. The van der Waals surface area contributed by atoms with Gasteiger partial charge in [-0.05, 0) is 12.8 Å². The lowest BCUT2D eigenvalue weighted by Crippen LogP contribution is -2.41. The minimum Gasteiger partial charge on any atom is -0.292 e. The Hall–Kier alpha value is -1.46. The number of Topliss-reactive ketones (excluding diaryl/α,β-unsaturated/α-hetero) is 1. The SMILES string of the molecule is O=C1CC=CC2=CN3C(=NCN3CCCCCl)N=C12. The summed E-state index contributed by atoms with van der Waals surface area (Å²) >= 11 is 5.69. The first-order valence-corrected chi connectivity index (χ1v) is 6.98. The van der Waals surface area contributed by atoms with E-state index in [2.05, 4.69) is 15.0 Å². The molecule has 2 heterocycles. The van der Waals surface area contributed by atoms with Gasteiger partial charge in [0.05, 0.1) is 0 Å². The molecule has 0 N–H and O–H groups in total. The summed E-state index contributed by atoms with van der Waals surface area (Å²) in [5.41, 5.74) is 1.42. The third kappa shape index (κ3) is 2.35. The number of fused-ring (bicyclic) bond motifs is 2. The van der Waals surface area contributed by atoms with E-state index in [1.807, 2.05) is 23.4 Å². The average Bonchev–Trinajstić information content (AvgIpc) is 2.80. The number of halogens is 1. The molecule has 3 rings (SSSR count). The Kier molecular flexibility index (Phi) is 3.48. The van der Waals surface area contributed by atoms with E-state index >= 15 is 0 Å². The summed E-state index contributed by atoms with van der Waals surface area (Å²) in [7, 11) is 0. The molecule has 0 fully saturated rings. The van der Waals surface area contributed by atoms with Crippen molar-refractivity contribution in [3.05, 3.63) is 23.9 Å². The maximum atomic E-state index is 11.8. The summed E-state index contributed by atoms with van der Waals surface area (Å²) < 4.78 is 0. The first-order chi connectivity index (χ1) is 9.29. The number of hydrogen-bond acceptors (Lipinski definition) is 5. The lowest BCUT2D eigenvalue weighted by atomic mass is 9.98. The van der Waals surface area contributed by atoms with Gasteiger partial charge in [0.15, 0.2) is 5.78 Å². The maximum Gasteiger partial charge on any atom is 0.241 e. The first kappa shape index (κ1) is 12.6. The molecule has 0 spiro atoms. The van der Waals surface area contributed by atoms with Crippen molar-refractivity contribution >= 4 is 29.1 Å². The van der Waals surface area contributed by atoms with Gasteiger partial charge in [0.25, 0.3) is 0 Å². The summed E-state index contributed by atoms with van der Waals surface area (Å²) in [5.74, 6) is 1.37. The smallest absolute Gasteiger partial charge is 0.241 e. The molecular formula is C13H15ClN4O. The van der Waals surface area contributed by atoms with E-state index < -0.39 is 0 Å². The number of hydrogen-bond donors (Lipinski definition) is 0. The Bertz CT molecular complexity index is 521. The molecule has 6 heteroatoms. The number of alkyl halides is 1. The minimum atomic E-state index is 0.0664. The summed E-state index contributed by atoms with van der Waals surface area (Å²) in [6, 6.07) is 0. The monoisotopic (exact) mass is 278 g/mol. The lowest BCUT2D eigenvalue weighted by molar-refractivity contribution is -0.112. The van der Waals surface area contributed by atoms with E-state index in [0.717, 1.165) is 25.0 Å². The average molecular weight is 279 g/mol. The fourth-order valence-electron chi connectivity index (χ4n) is 2.30. The van der Waals surface area contributed by atoms with Crippen molar-refractivity contribution in [2.45, 2.75) is 19.3 Å². The van der Waals surface area contributed by atoms with Crippen LogP contribution in [0.3, 0.4) is 0 Å². The number of aliphatic imine (C=N–C) groups is 2. The number of nitrogens with zero attached hydrogens (tertiary/aromatic N) is 4. The minimum absolute atomic E-state index is 0.0664. The Morgan fingerprint density at radius 2 is 2.26 bits per heavy atom. The van der Waals surface area contributed by atoms with Crippen LogP contribution in [0.2, 0.25) is 0 Å². The summed E-state index contributed by atoms with van der Waals surface area (Å²) in [6.07, 6.45) is 8.23. The highest BCUT2D eigenvalue weighted by Crippen LogP contribution is 2.22. The molecule has 0 unspecified atom stereocenters. The first-order valence-electron chi connectivity index (χ1n) is 6.45. The second kappa shape index (κ2) is 5.27. The van der Waals surface area contributed by atoms with Crippen LogP contribution in [-0.2, 0) is 4.79 Å². The van der Waals surface area contributed by atoms with Crippen molar-refractivity contribution in [1.29, 1.82) is 0 Å². The van der Waals surface area contributed by atoms with Gasteiger partial charge in [-0.15, -0.1) is 11.6 Å². The normalized spacial score (nSPS) is 21.8. The number of carbonyl (C=O) groups is 1. The molecule has 0 bridgehead atoms. The van der Waals surface area contributed by atoms with Crippen LogP contribution in [0, 0.1) is 0 Å². The number of carbonyl (C=O) groups excluding carboxylic acids is 1. The molecule has 0 aromatic rings. The van der Waals surface area contributed by atoms with Gasteiger partial charge >= 0.3 is 0 Å². The van der Waals surface area contributed by atoms with Crippen molar-refractivity contribution in [1.82, 2.24) is 10.0 Å². The van der Waals surface area contributed by atoms with Crippen LogP contribution >= 0.6 is 11.6 Å². The van der Waals surface area contributed by atoms with E-state index in [0.29, 0.717) is 30.6 Å². The van der Waals surface area contributed by atoms with E-state index in [1.165, 1.54) is 0 Å². The summed E-state index contributed by atoms with van der Waals surface area (Å²) in [6.45, 7) is 1.49. The van der Waals surface area contributed by atoms with E-state index in [9.17, 15) is 4.79 Å². The maximum absolute atomic E-state index is 11.8. The number of hydrazine groups is 1. The number of allylic oxidation sites excluding steroid dienone is 3. The number of ketones is 1. The van der Waals surface area contributed by atoms with Gasteiger partial charge in [-0.25, -0.2) is 15.0 Å². The molecule has 0 saturated carbocycles. The quantitative estimate of drug-likeness (QED) is 0.581. The van der Waals surface area contributed by atoms with E-state index in [1.54, 1.807) is 0 Å². The molecule has 19 heavy (non-hydrogen) atoms. The van der Waals surface area contributed by atoms with E-state index in [-0.39, 0.29) is 5.78 Å². The predicted molar refractivity (Wildman–Crippen MR) is 75.1 cm³/mol. The van der Waals surface area contributed by atoms with Crippen molar-refractivity contribution in [2.75, 3.05) is 19.1 Å². The second-order valence-corrected chi connectivity index (χ2v) is 5.02. The van der Waals surface area contributed by atoms with Crippen LogP contribution in [0.5, 0.6) is 0 Å². The standard InChI is InChI=1S/C13H15ClN4O/c14-6-1-2-7-17-9-15-13-16-12-10(8-18(13)17)4-3-5-11(12)19/h3-4,8H,1-2,5-7,9H2. The Morgan fingerprint density at radius 3 is 3.11 bits per heavy atom. The van der Waals surface area contributed by atoms with E-state index in [4.69, 9.17) is 11.6 Å². The van der Waals surface area contributed by atoms with Gasteiger partial charge in [-0.2, -0.15) is 5.01 Å². The molecule has 0 atom stereocenters. The molecule has 0 aromatic carbocycles. The van der Waals surface area contributed by atoms with Crippen LogP contribution in [0.25, 0.3) is 0 Å². The van der Waals surface area contributed by atoms with Crippen LogP contribution in [0.1, 0.15) is 19.3 Å². The van der Waals surface area contributed by atoms with Gasteiger partial charge in [0, 0.05) is 30.6 Å². The van der Waals surface area contributed by atoms with Crippen LogP contribution in [0.15, 0.2) is 33.9 Å². The molecule has 5 nitrogen and oxygen atoms in total. The number of rotatable bonds is 4. The van der Waals surface area contributed by atoms with Gasteiger partial charge in [-0.1, -0.05) is 12.2 Å². The van der Waals surface area contributed by atoms with Crippen LogP contribution in [0.4, 0.5) is 0 Å². The molecular weight excluding hydrogens is 264 g/mol. The van der Waals surface area contributed by atoms with Crippen LogP contribution < -0.4 is 0 Å². The molecule has 0 saturated heterocycles. The van der Waals surface area contributed by atoms with Gasteiger partial charge < -0.3 is 0 Å². The predicted octanol–water partition coefficient (Wildman–Crippen LogP) is 1.72. The molecule has 0 amide bonds. The molecule has 0 aromatic heterocycles. The highest BCUT2D eigenvalue weighted by Gasteiger charge is 2.31. The van der Waals surface area contributed by atoms with Crippen molar-refractivity contribution < 1.29 is 4.79 Å². The molecule has 0 radical (unpaired) electrons. The zero-order chi connectivity index (χ0) is 13.2. The summed E-state index contributed by atoms with van der Waals surface area (Å²) in [4.78, 5) is 20.5. The highest BCUT2D eigenvalue weighted by molar-refractivity contribution is 6.49. The van der Waals surface area contributed by atoms with Gasteiger partial charge in [0.2, 0.25) is 5.96 Å². The van der Waals surface area contributed by atoms with Crippen molar-refractivity contribution in [3.8, 4) is 0 Å². The van der Waals surface area contributed by atoms with Gasteiger partial charge in [-0.3, -0.25) is 4.79 Å². The van der Waals surface area contributed by atoms with Crippen LogP contribution in [-0.4, -0.2) is 46.6 Å². The molecule has 3 aliphatic rings. The van der Waals surface area contributed by atoms with Gasteiger partial charge in [0.1, 0.15) is 12.4 Å². The zero-order valence-electron chi connectivity index (χ0n) is 10.5. The summed E-state index contributed by atoms with van der Waals surface area (Å²) in [5, 5.41) is 4.05. The molecule has 1 aliphatic carbocycles. The topological polar surface area (TPSA) is 48.3 Å². The molecule has 100 valence electrons. The number of unbranched alkanes of at least 4 members (excludes halogenated alkanes) is 1. The highest BCUT2D eigenvalue weighted by atomic mass is 35.5. The second-order valence-electron chi connectivity index (χ2n) is 4.64. The van der Waals surface area contributed by atoms with Crippen molar-refractivity contribution in [3.63, 3.8) is 0 Å². The lowest BCUT2D eigenvalue weighted by Gasteiger charge is -2.29. The Morgan fingerprint density at radius 1 is 1.37 bits per heavy atom. The Labute approximate surface area is 116 Å². The number of guanidine groups is 1. The zero-order valence-corrected chi connectivity index (χ0v) is 11.3. The fourth-order valence-corrected chi connectivity index (χ4v) is 2.49. The third-order valence-corrected chi connectivity index (χ3v) is 3.56. The third-order valence-electron chi connectivity index (χ3n) is 3.30. The molecule has 2 aliphatic heterocycles. The fraction of sp³-hybridized carbons (Fsp3) is 0.462. The van der Waals surface area contributed by atoms with Crippen molar-refractivity contribution in [2.24, 2.45) is 9.98 Å².